The largest absolute Gasteiger partial charge is 0.467 e. The fourth-order valence-electron chi connectivity index (χ4n) is 0.959. The topological polar surface area (TPSA) is 81.4 Å². The smallest absolute Gasteiger partial charge is 0.328 e. The van der Waals surface area contributed by atoms with E-state index in [2.05, 4.69) is 10.1 Å². The molecule has 0 spiro atoms. The van der Waals surface area contributed by atoms with Crippen LogP contribution in [-0.2, 0) is 14.3 Å². The molecule has 0 rings (SSSR count). The van der Waals surface area contributed by atoms with Crippen LogP contribution < -0.4 is 11.1 Å². The summed E-state index contributed by atoms with van der Waals surface area (Å²) in [6.45, 7) is 1.85. The highest BCUT2D eigenvalue weighted by atomic mass is 16.5. The zero-order chi connectivity index (χ0) is 10.3. The van der Waals surface area contributed by atoms with E-state index in [9.17, 15) is 9.59 Å². The van der Waals surface area contributed by atoms with E-state index in [0.717, 1.165) is 0 Å². The van der Waals surface area contributed by atoms with Crippen molar-refractivity contribution in [3.63, 3.8) is 0 Å². The summed E-state index contributed by atoms with van der Waals surface area (Å²) < 4.78 is 4.52. The van der Waals surface area contributed by atoms with Crippen LogP contribution in [0, 0.1) is 0 Å². The van der Waals surface area contributed by atoms with Gasteiger partial charge in [-0.05, 0) is 19.4 Å². The van der Waals surface area contributed by atoms with Crippen LogP contribution in [0.5, 0.6) is 0 Å². The molecule has 0 aliphatic carbocycles. The van der Waals surface area contributed by atoms with Gasteiger partial charge in [-0.1, -0.05) is 0 Å². The van der Waals surface area contributed by atoms with E-state index in [0.29, 0.717) is 19.4 Å². The molecule has 0 aromatic rings. The van der Waals surface area contributed by atoms with Crippen LogP contribution in [0.3, 0.4) is 0 Å². The minimum atomic E-state index is -0.564. The van der Waals surface area contributed by atoms with Crippen molar-refractivity contribution in [3.05, 3.63) is 0 Å². The van der Waals surface area contributed by atoms with Crippen molar-refractivity contribution < 1.29 is 14.3 Å². The highest BCUT2D eigenvalue weighted by Crippen LogP contribution is 1.98. The van der Waals surface area contributed by atoms with Gasteiger partial charge in [-0.25, -0.2) is 4.79 Å². The van der Waals surface area contributed by atoms with Crippen molar-refractivity contribution in [1.29, 1.82) is 0 Å². The fraction of sp³-hybridized carbons (Fsp3) is 0.750. The molecule has 3 N–H and O–H groups in total. The average molecular weight is 188 g/mol. The average Bonchev–Trinajstić information content (AvgIpc) is 2.10. The quantitative estimate of drug-likeness (QED) is 0.565. The molecule has 0 aliphatic heterocycles. The Kier molecular flexibility index (Phi) is 5.88. The molecule has 0 saturated carbocycles. The number of hydrogen-bond acceptors (Lipinski definition) is 4. The molecule has 0 aromatic heterocycles. The molecule has 0 heterocycles. The van der Waals surface area contributed by atoms with Crippen molar-refractivity contribution >= 4 is 11.9 Å². The summed E-state index contributed by atoms with van der Waals surface area (Å²) in [5.41, 5.74) is 5.28. The van der Waals surface area contributed by atoms with Crippen molar-refractivity contribution in [2.45, 2.75) is 25.8 Å². The molecular weight excluding hydrogens is 172 g/mol. The summed E-state index contributed by atoms with van der Waals surface area (Å²) in [7, 11) is 1.29. The third-order valence-electron chi connectivity index (χ3n) is 1.56. The molecule has 76 valence electrons. The van der Waals surface area contributed by atoms with E-state index >= 15 is 0 Å². The summed E-state index contributed by atoms with van der Waals surface area (Å²) >= 11 is 0. The summed E-state index contributed by atoms with van der Waals surface area (Å²) in [6, 6.07) is -0.564. The molecule has 0 aliphatic rings. The standard InChI is InChI=1S/C8H16N2O3/c1-6(11)10-7(4-3-5-9)8(12)13-2/h7H,3-5,9H2,1-2H3,(H,10,11). The SMILES string of the molecule is COC(=O)C(CCCN)NC(C)=O. The first-order valence-electron chi connectivity index (χ1n) is 4.16. The summed E-state index contributed by atoms with van der Waals surface area (Å²) in [6.07, 6.45) is 1.20. The van der Waals surface area contributed by atoms with Gasteiger partial charge in [0.2, 0.25) is 5.91 Å². The molecule has 0 aromatic carbocycles. The van der Waals surface area contributed by atoms with Crippen LogP contribution in [0.1, 0.15) is 19.8 Å². The first-order chi connectivity index (χ1) is 6.11. The number of rotatable bonds is 5. The number of methoxy groups -OCH3 is 1. The second-order valence-corrected chi connectivity index (χ2v) is 2.71. The molecule has 1 amide bonds. The maximum Gasteiger partial charge on any atom is 0.328 e. The van der Waals surface area contributed by atoms with E-state index in [1.54, 1.807) is 0 Å². The fourth-order valence-corrected chi connectivity index (χ4v) is 0.959. The molecule has 1 atom stereocenters. The number of carbonyl (C=O) groups excluding carboxylic acids is 2. The Hall–Kier alpha value is -1.10. The summed E-state index contributed by atoms with van der Waals surface area (Å²) in [4.78, 5) is 21.8. The first kappa shape index (κ1) is 11.9. The van der Waals surface area contributed by atoms with Gasteiger partial charge >= 0.3 is 5.97 Å². The molecular formula is C8H16N2O3. The van der Waals surface area contributed by atoms with Crippen LogP contribution in [-0.4, -0.2) is 31.6 Å². The lowest BCUT2D eigenvalue weighted by Crippen LogP contribution is -2.40. The molecule has 5 heteroatoms. The lowest BCUT2D eigenvalue weighted by atomic mass is 10.1. The molecule has 0 bridgehead atoms. The Morgan fingerprint density at radius 2 is 2.15 bits per heavy atom. The predicted octanol–water partition coefficient (Wildman–Crippen LogP) is -0.597. The Morgan fingerprint density at radius 1 is 1.54 bits per heavy atom. The van der Waals surface area contributed by atoms with E-state index in [-0.39, 0.29) is 5.91 Å². The Morgan fingerprint density at radius 3 is 2.54 bits per heavy atom. The van der Waals surface area contributed by atoms with Crippen LogP contribution in [0.4, 0.5) is 0 Å². The predicted molar refractivity (Wildman–Crippen MR) is 47.9 cm³/mol. The summed E-state index contributed by atoms with van der Waals surface area (Å²) in [5, 5.41) is 2.50. The highest BCUT2D eigenvalue weighted by Gasteiger charge is 2.18. The zero-order valence-corrected chi connectivity index (χ0v) is 8.00. The van der Waals surface area contributed by atoms with E-state index in [1.807, 2.05) is 0 Å². The monoisotopic (exact) mass is 188 g/mol. The van der Waals surface area contributed by atoms with Crippen LogP contribution in [0.15, 0.2) is 0 Å². The maximum atomic E-state index is 11.1. The lowest BCUT2D eigenvalue weighted by Gasteiger charge is -2.14. The second-order valence-electron chi connectivity index (χ2n) is 2.71. The van der Waals surface area contributed by atoms with Gasteiger partial charge in [0, 0.05) is 6.92 Å². The molecule has 0 radical (unpaired) electrons. The van der Waals surface area contributed by atoms with Crippen LogP contribution in [0.25, 0.3) is 0 Å². The minimum Gasteiger partial charge on any atom is -0.467 e. The first-order valence-corrected chi connectivity index (χ1v) is 4.16. The molecule has 5 nitrogen and oxygen atoms in total. The number of nitrogens with two attached hydrogens (primary N) is 1. The number of amides is 1. The Balaban J connectivity index is 4.02. The van der Waals surface area contributed by atoms with Crippen molar-refractivity contribution in [2.75, 3.05) is 13.7 Å². The third-order valence-corrected chi connectivity index (χ3v) is 1.56. The number of nitrogens with one attached hydrogen (secondary N) is 1. The molecule has 0 saturated heterocycles. The Labute approximate surface area is 77.6 Å². The van der Waals surface area contributed by atoms with Crippen molar-refractivity contribution in [3.8, 4) is 0 Å². The summed E-state index contributed by atoms with van der Waals surface area (Å²) in [5.74, 6) is -0.670. The van der Waals surface area contributed by atoms with Crippen LogP contribution in [0.2, 0.25) is 0 Å². The Bertz CT molecular complexity index is 182. The van der Waals surface area contributed by atoms with E-state index in [1.165, 1.54) is 14.0 Å². The van der Waals surface area contributed by atoms with Gasteiger partial charge in [0.15, 0.2) is 0 Å². The second kappa shape index (κ2) is 6.42. The lowest BCUT2D eigenvalue weighted by molar-refractivity contribution is -0.145. The van der Waals surface area contributed by atoms with Gasteiger partial charge in [-0.3, -0.25) is 4.79 Å². The van der Waals surface area contributed by atoms with Gasteiger partial charge in [0.1, 0.15) is 6.04 Å². The highest BCUT2D eigenvalue weighted by molar-refractivity contribution is 5.83. The number of ether oxygens (including phenoxy) is 1. The van der Waals surface area contributed by atoms with Gasteiger partial charge in [-0.15, -0.1) is 0 Å². The number of hydrogen-bond donors (Lipinski definition) is 2. The minimum absolute atomic E-state index is 0.243. The zero-order valence-electron chi connectivity index (χ0n) is 8.00. The molecule has 1 unspecified atom stereocenters. The van der Waals surface area contributed by atoms with Gasteiger partial charge in [-0.2, -0.15) is 0 Å². The number of carbonyl (C=O) groups is 2. The van der Waals surface area contributed by atoms with E-state index < -0.39 is 12.0 Å². The van der Waals surface area contributed by atoms with Gasteiger partial charge in [0.05, 0.1) is 7.11 Å². The third kappa shape index (κ3) is 5.19. The maximum absolute atomic E-state index is 11.1. The van der Waals surface area contributed by atoms with Gasteiger partial charge < -0.3 is 15.8 Å². The number of esters is 1. The molecule has 13 heavy (non-hydrogen) atoms. The van der Waals surface area contributed by atoms with Crippen LogP contribution >= 0.6 is 0 Å². The normalized spacial score (nSPS) is 11.9. The molecule has 0 fully saturated rings. The van der Waals surface area contributed by atoms with E-state index in [4.69, 9.17) is 5.73 Å². The van der Waals surface area contributed by atoms with Crippen molar-refractivity contribution in [2.24, 2.45) is 5.73 Å². The van der Waals surface area contributed by atoms with Crippen molar-refractivity contribution in [1.82, 2.24) is 5.32 Å². The van der Waals surface area contributed by atoms with Gasteiger partial charge in [0.25, 0.3) is 0 Å².